The molecule has 0 radical (unpaired) electrons. The number of amides is 1. The molecule has 1 fully saturated rings. The summed E-state index contributed by atoms with van der Waals surface area (Å²) in [5, 5.41) is 14.6. The molecule has 0 spiro atoms. The molecule has 1 aliphatic rings. The van der Waals surface area contributed by atoms with E-state index in [0.29, 0.717) is 44.2 Å². The van der Waals surface area contributed by atoms with Gasteiger partial charge in [0.15, 0.2) is 0 Å². The lowest BCUT2D eigenvalue weighted by Gasteiger charge is -2.26. The van der Waals surface area contributed by atoms with E-state index in [9.17, 15) is 10.1 Å². The Hall–Kier alpha value is -3.89. The van der Waals surface area contributed by atoms with Crippen molar-refractivity contribution >= 4 is 12.0 Å². The number of carbonyl (C=O) groups is 1. The molecule has 1 amide bonds. The van der Waals surface area contributed by atoms with Crippen molar-refractivity contribution in [3.63, 3.8) is 0 Å². The lowest BCUT2D eigenvalue weighted by atomic mass is 10.0. The lowest BCUT2D eigenvalue weighted by molar-refractivity contribution is -0.130. The fourth-order valence-electron chi connectivity index (χ4n) is 3.84. The van der Waals surface area contributed by atoms with Crippen LogP contribution in [0.1, 0.15) is 24.5 Å². The summed E-state index contributed by atoms with van der Waals surface area (Å²) in [6, 6.07) is 17.8. The molecule has 0 aliphatic carbocycles. The van der Waals surface area contributed by atoms with E-state index in [2.05, 4.69) is 13.0 Å². The summed E-state index contributed by atoms with van der Waals surface area (Å²) in [5.74, 6) is 0.550. The molecule has 0 atom stereocenters. The second-order valence-electron chi connectivity index (χ2n) is 8.12. The molecule has 2 aromatic carbocycles. The van der Waals surface area contributed by atoms with Gasteiger partial charge in [-0.1, -0.05) is 25.1 Å². The van der Waals surface area contributed by atoms with Gasteiger partial charge in [-0.05, 0) is 55.3 Å². The summed E-state index contributed by atoms with van der Waals surface area (Å²) in [5.41, 5.74) is 4.25. The molecule has 0 N–H and O–H groups in total. The maximum absolute atomic E-state index is 13.0. The van der Waals surface area contributed by atoms with Crippen molar-refractivity contribution in [1.82, 2.24) is 14.7 Å². The molecule has 0 unspecified atom stereocenters. The van der Waals surface area contributed by atoms with Crippen molar-refractivity contribution < 1.29 is 14.3 Å². The van der Waals surface area contributed by atoms with Crippen molar-refractivity contribution in [3.05, 3.63) is 71.4 Å². The summed E-state index contributed by atoms with van der Waals surface area (Å²) in [4.78, 5) is 14.6. The van der Waals surface area contributed by atoms with Crippen LogP contribution in [0.15, 0.2) is 60.3 Å². The Balaban J connectivity index is 1.76. The van der Waals surface area contributed by atoms with Gasteiger partial charge in [-0.15, -0.1) is 0 Å². The number of hydrogen-bond donors (Lipinski definition) is 0. The first kappa shape index (κ1) is 23.3. The normalized spacial score (nSPS) is 14.0. The van der Waals surface area contributed by atoms with Crippen LogP contribution in [0.3, 0.4) is 0 Å². The molecular formula is C27H28N4O3. The van der Waals surface area contributed by atoms with E-state index in [1.165, 1.54) is 0 Å². The maximum Gasteiger partial charge on any atom is 0.264 e. The Bertz CT molecular complexity index is 1220. The number of rotatable bonds is 7. The van der Waals surface area contributed by atoms with Crippen molar-refractivity contribution in [1.29, 1.82) is 5.26 Å². The number of nitrogens with zero attached hydrogens (tertiary/aromatic N) is 4. The van der Waals surface area contributed by atoms with Crippen molar-refractivity contribution in [3.8, 4) is 28.8 Å². The molecule has 3 aromatic rings. The van der Waals surface area contributed by atoms with Crippen LogP contribution in [-0.2, 0) is 9.53 Å². The van der Waals surface area contributed by atoms with Crippen LogP contribution in [0, 0.1) is 18.3 Å². The van der Waals surface area contributed by atoms with E-state index in [1.54, 1.807) is 15.7 Å². The molecule has 4 rings (SSSR count). The second-order valence-corrected chi connectivity index (χ2v) is 8.12. The zero-order valence-corrected chi connectivity index (χ0v) is 19.5. The predicted molar refractivity (Wildman–Crippen MR) is 131 cm³/mol. The molecule has 0 bridgehead atoms. The van der Waals surface area contributed by atoms with Gasteiger partial charge in [-0.3, -0.25) is 4.79 Å². The number of benzene rings is 2. The highest BCUT2D eigenvalue weighted by atomic mass is 16.5. The van der Waals surface area contributed by atoms with E-state index < -0.39 is 0 Å². The number of carbonyl (C=O) groups excluding carboxylic acids is 1. The van der Waals surface area contributed by atoms with Crippen molar-refractivity contribution in [2.45, 2.75) is 20.3 Å². The average molecular weight is 457 g/mol. The minimum atomic E-state index is -0.288. The number of aromatic nitrogens is 2. The number of hydrogen-bond acceptors (Lipinski definition) is 5. The van der Waals surface area contributed by atoms with Gasteiger partial charge in [0.2, 0.25) is 0 Å². The Morgan fingerprint density at radius 3 is 2.65 bits per heavy atom. The molecule has 7 heteroatoms. The van der Waals surface area contributed by atoms with Gasteiger partial charge in [0.25, 0.3) is 5.91 Å². The minimum absolute atomic E-state index is 0.0791. The molecule has 1 saturated heterocycles. The Morgan fingerprint density at radius 1 is 1.21 bits per heavy atom. The first-order valence-corrected chi connectivity index (χ1v) is 11.5. The fraction of sp³-hybridized carbons (Fsp3) is 0.296. The number of para-hydroxylation sites is 1. The number of morpholine rings is 1. The summed E-state index contributed by atoms with van der Waals surface area (Å²) in [6.07, 6.45) is 4.42. The van der Waals surface area contributed by atoms with Crippen LogP contribution in [0.5, 0.6) is 5.75 Å². The van der Waals surface area contributed by atoms with Gasteiger partial charge in [0.05, 0.1) is 25.5 Å². The van der Waals surface area contributed by atoms with Gasteiger partial charge in [0, 0.05) is 30.4 Å². The molecule has 174 valence electrons. The van der Waals surface area contributed by atoms with Crippen LogP contribution in [0.4, 0.5) is 0 Å². The predicted octanol–water partition coefficient (Wildman–Crippen LogP) is 4.40. The summed E-state index contributed by atoms with van der Waals surface area (Å²) < 4.78 is 12.9. The zero-order chi connectivity index (χ0) is 23.9. The highest BCUT2D eigenvalue weighted by Gasteiger charge is 2.22. The van der Waals surface area contributed by atoms with Gasteiger partial charge in [0.1, 0.15) is 23.1 Å². The topological polar surface area (TPSA) is 80.4 Å². The monoisotopic (exact) mass is 456 g/mol. The van der Waals surface area contributed by atoms with E-state index in [1.807, 2.05) is 61.7 Å². The Labute approximate surface area is 199 Å². The standard InChI is InChI=1S/C27H28N4O3/c1-3-13-34-25-10-9-21(16-20(25)2)26-23(19-31(29-26)24-7-5-4-6-8-24)17-22(18-28)27(32)30-11-14-33-15-12-30/h4-10,16-17,19H,3,11-15H2,1-2H3/b22-17+. The molecule has 34 heavy (non-hydrogen) atoms. The fourth-order valence-corrected chi connectivity index (χ4v) is 3.84. The van der Waals surface area contributed by atoms with Crippen molar-refractivity contribution in [2.24, 2.45) is 0 Å². The lowest BCUT2D eigenvalue weighted by Crippen LogP contribution is -2.41. The zero-order valence-electron chi connectivity index (χ0n) is 19.5. The van der Waals surface area contributed by atoms with Gasteiger partial charge in [-0.25, -0.2) is 4.68 Å². The number of aryl methyl sites for hydroxylation is 1. The average Bonchev–Trinajstić information content (AvgIpc) is 3.31. The minimum Gasteiger partial charge on any atom is -0.493 e. The van der Waals surface area contributed by atoms with Crippen LogP contribution < -0.4 is 4.74 Å². The quantitative estimate of drug-likeness (QED) is 0.389. The molecule has 1 aromatic heterocycles. The first-order valence-electron chi connectivity index (χ1n) is 11.5. The Kier molecular flexibility index (Phi) is 7.41. The highest BCUT2D eigenvalue weighted by Crippen LogP contribution is 2.30. The van der Waals surface area contributed by atoms with E-state index in [0.717, 1.165) is 29.0 Å². The van der Waals surface area contributed by atoms with Gasteiger partial charge < -0.3 is 14.4 Å². The second kappa shape index (κ2) is 10.8. The third-order valence-corrected chi connectivity index (χ3v) is 5.62. The third kappa shape index (κ3) is 5.19. The summed E-state index contributed by atoms with van der Waals surface area (Å²) in [6.45, 7) is 6.65. The molecular weight excluding hydrogens is 428 g/mol. The van der Waals surface area contributed by atoms with Crippen LogP contribution in [0.25, 0.3) is 23.0 Å². The van der Waals surface area contributed by atoms with Gasteiger partial charge in [-0.2, -0.15) is 10.4 Å². The van der Waals surface area contributed by atoms with Crippen LogP contribution >= 0.6 is 0 Å². The molecule has 0 saturated carbocycles. The van der Waals surface area contributed by atoms with E-state index >= 15 is 0 Å². The van der Waals surface area contributed by atoms with E-state index in [4.69, 9.17) is 14.6 Å². The molecule has 7 nitrogen and oxygen atoms in total. The largest absolute Gasteiger partial charge is 0.493 e. The van der Waals surface area contributed by atoms with E-state index in [-0.39, 0.29) is 11.5 Å². The Morgan fingerprint density at radius 2 is 1.97 bits per heavy atom. The number of ether oxygens (including phenoxy) is 2. The number of nitriles is 1. The molecule has 2 heterocycles. The third-order valence-electron chi connectivity index (χ3n) is 5.62. The summed E-state index contributed by atoms with van der Waals surface area (Å²) >= 11 is 0. The first-order chi connectivity index (χ1) is 16.6. The summed E-state index contributed by atoms with van der Waals surface area (Å²) in [7, 11) is 0. The van der Waals surface area contributed by atoms with Gasteiger partial charge >= 0.3 is 0 Å². The van der Waals surface area contributed by atoms with Crippen LogP contribution in [-0.4, -0.2) is 53.5 Å². The highest BCUT2D eigenvalue weighted by molar-refractivity contribution is 6.02. The maximum atomic E-state index is 13.0. The smallest absolute Gasteiger partial charge is 0.264 e. The SMILES string of the molecule is CCCOc1ccc(-c2nn(-c3ccccc3)cc2/C=C(\C#N)C(=O)N2CCOCC2)cc1C. The van der Waals surface area contributed by atoms with Crippen LogP contribution in [0.2, 0.25) is 0 Å². The molecule has 1 aliphatic heterocycles. The van der Waals surface area contributed by atoms with Crippen molar-refractivity contribution in [2.75, 3.05) is 32.9 Å².